The number of aryl methyl sites for hydroxylation is 1. The van der Waals surface area contributed by atoms with Crippen LogP contribution in [0.25, 0.3) is 0 Å². The summed E-state index contributed by atoms with van der Waals surface area (Å²) in [5, 5.41) is 3.90. The molecule has 1 unspecified atom stereocenters. The normalized spacial score (nSPS) is 21.9. The van der Waals surface area contributed by atoms with Crippen molar-refractivity contribution in [2.24, 2.45) is 11.7 Å². The minimum absolute atomic E-state index is 0.0315. The molecule has 1 aliphatic rings. The smallest absolute Gasteiger partial charge is 0.239 e. The summed E-state index contributed by atoms with van der Waals surface area (Å²) < 4.78 is 4.96. The first kappa shape index (κ1) is 13.0. The molecule has 2 atom stereocenters. The van der Waals surface area contributed by atoms with Crippen LogP contribution in [0.2, 0.25) is 0 Å². The molecule has 6 heteroatoms. The number of carbonyl (C=O) groups is 1. The van der Waals surface area contributed by atoms with Crippen molar-refractivity contribution in [3.05, 3.63) is 11.7 Å². The summed E-state index contributed by atoms with van der Waals surface area (Å²) in [6, 6.07) is -0.420. The van der Waals surface area contributed by atoms with Crippen LogP contribution < -0.4 is 5.73 Å². The van der Waals surface area contributed by atoms with Gasteiger partial charge in [-0.1, -0.05) is 5.16 Å². The van der Waals surface area contributed by atoms with E-state index in [-0.39, 0.29) is 5.91 Å². The maximum absolute atomic E-state index is 11.9. The number of nitrogens with two attached hydrogens (primary N) is 1. The quantitative estimate of drug-likeness (QED) is 0.847. The van der Waals surface area contributed by atoms with Crippen molar-refractivity contribution in [2.75, 3.05) is 13.1 Å². The van der Waals surface area contributed by atoms with Gasteiger partial charge in [-0.2, -0.15) is 4.98 Å². The van der Waals surface area contributed by atoms with Crippen molar-refractivity contribution in [3.8, 4) is 0 Å². The third-order valence-corrected chi connectivity index (χ3v) is 3.26. The molecule has 1 aromatic rings. The molecule has 2 rings (SSSR count). The van der Waals surface area contributed by atoms with Gasteiger partial charge in [0.15, 0.2) is 5.82 Å². The molecule has 1 aromatic heterocycles. The number of likely N-dealkylation sites (tertiary alicyclic amines) is 1. The van der Waals surface area contributed by atoms with E-state index >= 15 is 0 Å². The molecule has 6 nitrogen and oxygen atoms in total. The Morgan fingerprint density at radius 1 is 1.67 bits per heavy atom. The Hall–Kier alpha value is -1.43. The monoisotopic (exact) mass is 252 g/mol. The van der Waals surface area contributed by atoms with Crippen LogP contribution in [0.5, 0.6) is 0 Å². The van der Waals surface area contributed by atoms with Crippen LogP contribution >= 0.6 is 0 Å². The number of hydrogen-bond donors (Lipinski definition) is 1. The Morgan fingerprint density at radius 2 is 2.44 bits per heavy atom. The number of amides is 1. The van der Waals surface area contributed by atoms with E-state index in [9.17, 15) is 4.79 Å². The molecule has 0 spiro atoms. The van der Waals surface area contributed by atoms with Gasteiger partial charge in [0.25, 0.3) is 0 Å². The molecule has 1 aliphatic heterocycles. The number of carbonyl (C=O) groups excluding carboxylic acids is 1. The van der Waals surface area contributed by atoms with E-state index in [0.717, 1.165) is 38.2 Å². The number of piperidine rings is 1. The summed E-state index contributed by atoms with van der Waals surface area (Å²) in [6.45, 7) is 5.06. The lowest BCUT2D eigenvalue weighted by Crippen LogP contribution is -2.47. The Morgan fingerprint density at radius 3 is 3.06 bits per heavy atom. The third-order valence-electron chi connectivity index (χ3n) is 3.26. The first-order valence-corrected chi connectivity index (χ1v) is 6.40. The molecule has 0 aliphatic carbocycles. The average molecular weight is 252 g/mol. The van der Waals surface area contributed by atoms with Gasteiger partial charge in [0.2, 0.25) is 11.8 Å². The predicted molar refractivity (Wildman–Crippen MR) is 65.7 cm³/mol. The third kappa shape index (κ3) is 3.07. The lowest BCUT2D eigenvalue weighted by Gasteiger charge is -2.33. The van der Waals surface area contributed by atoms with Crippen LogP contribution in [0.1, 0.15) is 31.5 Å². The number of nitrogens with zero attached hydrogens (tertiary/aromatic N) is 3. The number of hydrogen-bond acceptors (Lipinski definition) is 5. The fourth-order valence-electron chi connectivity index (χ4n) is 2.40. The molecular formula is C12H20N4O2. The molecule has 18 heavy (non-hydrogen) atoms. The highest BCUT2D eigenvalue weighted by Gasteiger charge is 2.26. The molecule has 2 heterocycles. The molecule has 2 N–H and O–H groups in total. The van der Waals surface area contributed by atoms with E-state index in [4.69, 9.17) is 10.3 Å². The predicted octanol–water partition coefficient (Wildman–Crippen LogP) is 0.506. The Labute approximate surface area is 107 Å². The number of aromatic nitrogens is 2. The van der Waals surface area contributed by atoms with Gasteiger partial charge in [-0.05, 0) is 25.7 Å². The van der Waals surface area contributed by atoms with E-state index in [1.807, 2.05) is 4.90 Å². The van der Waals surface area contributed by atoms with Crippen molar-refractivity contribution >= 4 is 5.91 Å². The van der Waals surface area contributed by atoms with Gasteiger partial charge in [-0.15, -0.1) is 0 Å². The van der Waals surface area contributed by atoms with Crippen LogP contribution in [0.15, 0.2) is 4.52 Å². The summed E-state index contributed by atoms with van der Waals surface area (Å²) in [7, 11) is 0. The lowest BCUT2D eigenvalue weighted by molar-refractivity contribution is -0.134. The van der Waals surface area contributed by atoms with Gasteiger partial charge in [-0.3, -0.25) is 4.79 Å². The molecule has 1 saturated heterocycles. The van der Waals surface area contributed by atoms with Crippen LogP contribution in [0.3, 0.4) is 0 Å². The Kier molecular flexibility index (Phi) is 3.96. The van der Waals surface area contributed by atoms with E-state index < -0.39 is 6.04 Å². The maximum Gasteiger partial charge on any atom is 0.239 e. The molecule has 1 amide bonds. The fourth-order valence-corrected chi connectivity index (χ4v) is 2.40. The summed E-state index contributed by atoms with van der Waals surface area (Å²) >= 11 is 0. The molecule has 100 valence electrons. The molecule has 0 radical (unpaired) electrons. The summed E-state index contributed by atoms with van der Waals surface area (Å²) in [5.41, 5.74) is 5.64. The lowest BCUT2D eigenvalue weighted by atomic mass is 9.94. The van der Waals surface area contributed by atoms with Crippen molar-refractivity contribution in [3.63, 3.8) is 0 Å². The summed E-state index contributed by atoms with van der Waals surface area (Å²) in [5.74, 6) is 1.75. The Balaban J connectivity index is 1.92. The second-order valence-corrected chi connectivity index (χ2v) is 5.01. The minimum atomic E-state index is -0.420. The standard InChI is InChI=1S/C12H20N4O2/c1-8(13)12(17)16-5-3-4-10(7-16)6-11-14-9(2)18-15-11/h8,10H,3-7,13H2,1-2H3/t8-,10?/m1/s1. The van der Waals surface area contributed by atoms with Crippen molar-refractivity contribution in [1.82, 2.24) is 15.0 Å². The molecule has 1 fully saturated rings. The first-order chi connectivity index (χ1) is 8.56. The zero-order valence-electron chi connectivity index (χ0n) is 10.9. The maximum atomic E-state index is 11.9. The zero-order chi connectivity index (χ0) is 13.1. The minimum Gasteiger partial charge on any atom is -0.341 e. The van der Waals surface area contributed by atoms with E-state index in [1.165, 1.54) is 0 Å². The molecule has 0 bridgehead atoms. The van der Waals surface area contributed by atoms with Gasteiger partial charge >= 0.3 is 0 Å². The van der Waals surface area contributed by atoms with Gasteiger partial charge in [0.1, 0.15) is 0 Å². The van der Waals surface area contributed by atoms with Gasteiger partial charge < -0.3 is 15.2 Å². The highest BCUT2D eigenvalue weighted by Crippen LogP contribution is 2.20. The van der Waals surface area contributed by atoms with Crippen LogP contribution in [0.4, 0.5) is 0 Å². The SMILES string of the molecule is Cc1nc(CC2CCCN(C(=O)[C@@H](C)N)C2)no1. The van der Waals surface area contributed by atoms with Gasteiger partial charge in [-0.25, -0.2) is 0 Å². The Bertz CT molecular complexity index is 416. The second-order valence-electron chi connectivity index (χ2n) is 5.01. The van der Waals surface area contributed by atoms with Crippen molar-refractivity contribution in [2.45, 2.75) is 39.2 Å². The summed E-state index contributed by atoms with van der Waals surface area (Å²) in [4.78, 5) is 17.9. The van der Waals surface area contributed by atoms with Crippen LogP contribution in [-0.4, -0.2) is 40.1 Å². The van der Waals surface area contributed by atoms with Crippen LogP contribution in [-0.2, 0) is 11.2 Å². The largest absolute Gasteiger partial charge is 0.341 e. The van der Waals surface area contributed by atoms with Gasteiger partial charge in [0.05, 0.1) is 6.04 Å². The van der Waals surface area contributed by atoms with Gasteiger partial charge in [0, 0.05) is 26.4 Å². The van der Waals surface area contributed by atoms with E-state index in [0.29, 0.717) is 11.8 Å². The van der Waals surface area contributed by atoms with E-state index in [2.05, 4.69) is 10.1 Å². The average Bonchev–Trinajstić information content (AvgIpc) is 2.74. The molecule has 0 saturated carbocycles. The summed E-state index contributed by atoms with van der Waals surface area (Å²) in [6.07, 6.45) is 2.87. The molecule has 0 aromatic carbocycles. The first-order valence-electron chi connectivity index (χ1n) is 6.40. The fraction of sp³-hybridized carbons (Fsp3) is 0.750. The van der Waals surface area contributed by atoms with Crippen molar-refractivity contribution < 1.29 is 9.32 Å². The highest BCUT2D eigenvalue weighted by atomic mass is 16.5. The van der Waals surface area contributed by atoms with E-state index in [1.54, 1.807) is 13.8 Å². The number of rotatable bonds is 3. The highest BCUT2D eigenvalue weighted by molar-refractivity contribution is 5.81. The second kappa shape index (κ2) is 5.48. The van der Waals surface area contributed by atoms with Crippen LogP contribution in [0, 0.1) is 12.8 Å². The van der Waals surface area contributed by atoms with Crippen molar-refractivity contribution in [1.29, 1.82) is 0 Å². The molecular weight excluding hydrogens is 232 g/mol. The zero-order valence-corrected chi connectivity index (χ0v) is 10.9. The topological polar surface area (TPSA) is 85.2 Å².